The standard InChI is InChI=1S/C21H20BrN5O/c22-19-16-3-1-2-4-18(16)28-20(19)17-9-13(10-25-21(17)23)14-11-26-27(12-14)15-5-7-24-8-6-15/h1-4,9-12,15,24H,5-8H2,(H2,23,25). The van der Waals surface area contributed by atoms with Crippen LogP contribution in [0.3, 0.4) is 0 Å². The van der Waals surface area contributed by atoms with Crippen LogP contribution < -0.4 is 11.1 Å². The highest BCUT2D eigenvalue weighted by molar-refractivity contribution is 9.10. The maximum Gasteiger partial charge on any atom is 0.153 e. The van der Waals surface area contributed by atoms with Gasteiger partial charge in [0.25, 0.3) is 0 Å². The molecule has 0 amide bonds. The number of halogens is 1. The monoisotopic (exact) mass is 437 g/mol. The third kappa shape index (κ3) is 3.00. The summed E-state index contributed by atoms with van der Waals surface area (Å²) in [5.74, 6) is 1.13. The number of pyridine rings is 1. The van der Waals surface area contributed by atoms with Crippen molar-refractivity contribution in [2.45, 2.75) is 18.9 Å². The number of piperidine rings is 1. The van der Waals surface area contributed by atoms with Crippen molar-refractivity contribution in [3.63, 3.8) is 0 Å². The van der Waals surface area contributed by atoms with Crippen LogP contribution in [-0.2, 0) is 0 Å². The molecule has 28 heavy (non-hydrogen) atoms. The number of nitrogens with two attached hydrogens (primary N) is 1. The van der Waals surface area contributed by atoms with Crippen LogP contribution in [0.5, 0.6) is 0 Å². The second-order valence-electron chi connectivity index (χ2n) is 7.09. The fraction of sp³-hybridized carbons (Fsp3) is 0.238. The van der Waals surface area contributed by atoms with Crippen LogP contribution in [0.25, 0.3) is 33.4 Å². The van der Waals surface area contributed by atoms with E-state index >= 15 is 0 Å². The van der Waals surface area contributed by atoms with E-state index < -0.39 is 0 Å². The Balaban J connectivity index is 1.54. The van der Waals surface area contributed by atoms with E-state index in [0.29, 0.717) is 17.6 Å². The Morgan fingerprint density at radius 2 is 1.96 bits per heavy atom. The van der Waals surface area contributed by atoms with Crippen molar-refractivity contribution in [3.8, 4) is 22.5 Å². The highest BCUT2D eigenvalue weighted by Crippen LogP contribution is 2.40. The number of rotatable bonds is 3. The minimum atomic E-state index is 0.439. The van der Waals surface area contributed by atoms with E-state index in [1.54, 1.807) is 6.20 Å². The van der Waals surface area contributed by atoms with E-state index in [1.165, 1.54) is 0 Å². The Morgan fingerprint density at radius 3 is 2.79 bits per heavy atom. The lowest BCUT2D eigenvalue weighted by Crippen LogP contribution is -2.29. The molecule has 1 aliphatic heterocycles. The van der Waals surface area contributed by atoms with Gasteiger partial charge in [0.1, 0.15) is 11.4 Å². The molecule has 7 heteroatoms. The molecule has 0 bridgehead atoms. The molecule has 3 N–H and O–H groups in total. The molecular weight excluding hydrogens is 418 g/mol. The molecular formula is C21H20BrN5O. The normalized spacial score (nSPS) is 15.3. The van der Waals surface area contributed by atoms with E-state index in [1.807, 2.05) is 36.5 Å². The highest BCUT2D eigenvalue weighted by atomic mass is 79.9. The minimum absolute atomic E-state index is 0.439. The Bertz CT molecular complexity index is 1140. The van der Waals surface area contributed by atoms with Crippen LogP contribution in [0, 0.1) is 0 Å². The lowest BCUT2D eigenvalue weighted by Gasteiger charge is -2.22. The van der Waals surface area contributed by atoms with Crippen molar-refractivity contribution in [1.29, 1.82) is 0 Å². The summed E-state index contributed by atoms with van der Waals surface area (Å²) in [5, 5.41) is 9.00. The molecule has 0 unspecified atom stereocenters. The number of hydrogen-bond acceptors (Lipinski definition) is 5. The molecule has 1 aromatic carbocycles. The number of furan rings is 1. The first kappa shape index (κ1) is 17.5. The van der Waals surface area contributed by atoms with Gasteiger partial charge in [-0.3, -0.25) is 4.68 Å². The minimum Gasteiger partial charge on any atom is -0.455 e. The van der Waals surface area contributed by atoms with Gasteiger partial charge in [-0.1, -0.05) is 12.1 Å². The van der Waals surface area contributed by atoms with Gasteiger partial charge in [0.2, 0.25) is 0 Å². The summed E-state index contributed by atoms with van der Waals surface area (Å²) in [6.07, 6.45) is 7.98. The first-order chi connectivity index (χ1) is 13.7. The summed E-state index contributed by atoms with van der Waals surface area (Å²) in [5.41, 5.74) is 9.78. The Morgan fingerprint density at radius 1 is 1.14 bits per heavy atom. The zero-order valence-corrected chi connectivity index (χ0v) is 16.8. The second kappa shape index (κ2) is 7.07. The highest BCUT2D eigenvalue weighted by Gasteiger charge is 2.19. The molecule has 0 atom stereocenters. The van der Waals surface area contributed by atoms with Gasteiger partial charge in [-0.2, -0.15) is 5.10 Å². The molecule has 0 aliphatic carbocycles. The van der Waals surface area contributed by atoms with E-state index in [-0.39, 0.29) is 0 Å². The molecule has 0 radical (unpaired) electrons. The molecule has 0 saturated carbocycles. The van der Waals surface area contributed by atoms with E-state index in [2.05, 4.69) is 42.2 Å². The zero-order chi connectivity index (χ0) is 19.1. The van der Waals surface area contributed by atoms with Crippen LogP contribution in [0.15, 0.2) is 57.8 Å². The number of benzene rings is 1. The largest absolute Gasteiger partial charge is 0.455 e. The number of nitrogen functional groups attached to an aromatic ring is 1. The summed E-state index contributed by atoms with van der Waals surface area (Å²) in [6.45, 7) is 2.07. The summed E-state index contributed by atoms with van der Waals surface area (Å²) >= 11 is 3.66. The summed E-state index contributed by atoms with van der Waals surface area (Å²) < 4.78 is 9.02. The number of nitrogens with zero attached hydrogens (tertiary/aromatic N) is 3. The van der Waals surface area contributed by atoms with Crippen molar-refractivity contribution < 1.29 is 4.42 Å². The van der Waals surface area contributed by atoms with Crippen molar-refractivity contribution in [3.05, 3.63) is 53.4 Å². The topological polar surface area (TPSA) is 81.9 Å². The van der Waals surface area contributed by atoms with E-state index in [0.717, 1.165) is 58.1 Å². The molecule has 6 nitrogen and oxygen atoms in total. The summed E-state index contributed by atoms with van der Waals surface area (Å²) in [4.78, 5) is 4.41. The van der Waals surface area contributed by atoms with Crippen molar-refractivity contribution in [2.75, 3.05) is 18.8 Å². The molecule has 0 spiro atoms. The van der Waals surface area contributed by atoms with Crippen LogP contribution in [-0.4, -0.2) is 27.9 Å². The molecule has 1 fully saturated rings. The maximum absolute atomic E-state index is 6.19. The van der Waals surface area contributed by atoms with E-state index in [4.69, 9.17) is 10.2 Å². The fourth-order valence-corrected chi connectivity index (χ4v) is 4.38. The third-order valence-electron chi connectivity index (χ3n) is 5.32. The zero-order valence-electron chi connectivity index (χ0n) is 15.2. The van der Waals surface area contributed by atoms with Gasteiger partial charge < -0.3 is 15.5 Å². The van der Waals surface area contributed by atoms with Gasteiger partial charge >= 0.3 is 0 Å². The predicted octanol–water partition coefficient (Wildman–Crippen LogP) is 4.63. The van der Waals surface area contributed by atoms with Crippen LogP contribution in [0.2, 0.25) is 0 Å². The summed E-state index contributed by atoms with van der Waals surface area (Å²) in [7, 11) is 0. The number of hydrogen-bond donors (Lipinski definition) is 2. The summed E-state index contributed by atoms with van der Waals surface area (Å²) in [6, 6.07) is 10.4. The number of aromatic nitrogens is 3. The fourth-order valence-electron chi connectivity index (χ4n) is 3.76. The van der Waals surface area contributed by atoms with Gasteiger partial charge in [-0.25, -0.2) is 4.98 Å². The van der Waals surface area contributed by atoms with Gasteiger partial charge in [-0.05, 0) is 60.1 Å². The van der Waals surface area contributed by atoms with Crippen molar-refractivity contribution in [2.24, 2.45) is 0 Å². The molecule has 4 aromatic rings. The van der Waals surface area contributed by atoms with Gasteiger partial charge in [0, 0.05) is 28.9 Å². The first-order valence-corrected chi connectivity index (χ1v) is 10.2. The lowest BCUT2D eigenvalue weighted by atomic mass is 10.1. The quantitative estimate of drug-likeness (QED) is 0.488. The van der Waals surface area contributed by atoms with Gasteiger partial charge in [0.05, 0.1) is 22.3 Å². The second-order valence-corrected chi connectivity index (χ2v) is 7.88. The predicted molar refractivity (Wildman–Crippen MR) is 114 cm³/mol. The third-order valence-corrected chi connectivity index (χ3v) is 6.10. The number of para-hydroxylation sites is 1. The van der Waals surface area contributed by atoms with Gasteiger partial charge in [-0.15, -0.1) is 0 Å². The molecule has 1 aliphatic rings. The number of anilines is 1. The average Bonchev–Trinajstić information content (AvgIpc) is 3.35. The maximum atomic E-state index is 6.19. The lowest BCUT2D eigenvalue weighted by molar-refractivity contribution is 0.343. The van der Waals surface area contributed by atoms with Crippen LogP contribution in [0.4, 0.5) is 5.82 Å². The first-order valence-electron chi connectivity index (χ1n) is 9.39. The smallest absolute Gasteiger partial charge is 0.153 e. The number of fused-ring (bicyclic) bond motifs is 1. The molecule has 1 saturated heterocycles. The molecule has 4 heterocycles. The van der Waals surface area contributed by atoms with Crippen LogP contribution >= 0.6 is 15.9 Å². The molecule has 5 rings (SSSR count). The van der Waals surface area contributed by atoms with Gasteiger partial charge in [0.15, 0.2) is 5.76 Å². The van der Waals surface area contributed by atoms with Crippen LogP contribution in [0.1, 0.15) is 18.9 Å². The Labute approximate surface area is 170 Å². The van der Waals surface area contributed by atoms with Crippen molar-refractivity contribution in [1.82, 2.24) is 20.1 Å². The Kier molecular flexibility index (Phi) is 4.41. The number of nitrogens with one attached hydrogen (secondary N) is 1. The molecule has 142 valence electrons. The molecule has 3 aromatic heterocycles. The SMILES string of the molecule is Nc1ncc(-c2cnn(C3CCNCC3)c2)cc1-c1oc2ccccc2c1Br. The Hall–Kier alpha value is -2.64. The average molecular weight is 438 g/mol. The van der Waals surface area contributed by atoms with E-state index in [9.17, 15) is 0 Å². The van der Waals surface area contributed by atoms with Crippen molar-refractivity contribution >= 4 is 32.7 Å².